The zero-order valence-corrected chi connectivity index (χ0v) is 12.6. The maximum atomic E-state index is 12.1. The molecular weight excluding hydrogens is 288 g/mol. The predicted octanol–water partition coefficient (Wildman–Crippen LogP) is 1.49. The Labute approximate surface area is 118 Å². The molecule has 0 aromatic heterocycles. The molecule has 1 N–H and O–H groups in total. The molecule has 0 heterocycles. The third kappa shape index (κ3) is 4.19. The summed E-state index contributed by atoms with van der Waals surface area (Å²) in [5.41, 5.74) is 0. The highest BCUT2D eigenvalue weighted by atomic mass is 35.5. The number of hydrogen-bond donors (Lipinski definition) is 1. The normalized spacial score (nSPS) is 13.1. The van der Waals surface area contributed by atoms with Gasteiger partial charge in [0.25, 0.3) is 0 Å². The summed E-state index contributed by atoms with van der Waals surface area (Å²) in [5, 5.41) is 0.454. The SMILES string of the molecule is CCC(NS(=O)(=O)c1ccc(Cl)cc1)C(=O)N(C)C. The number of sulfonamides is 1. The van der Waals surface area contributed by atoms with Gasteiger partial charge in [0.1, 0.15) is 6.04 Å². The maximum Gasteiger partial charge on any atom is 0.241 e. The number of hydrogen-bond acceptors (Lipinski definition) is 3. The Hall–Kier alpha value is -1.11. The molecule has 0 aliphatic carbocycles. The molecule has 1 unspecified atom stereocenters. The Balaban J connectivity index is 2.95. The molecular formula is C12H17ClN2O3S. The molecule has 0 fully saturated rings. The van der Waals surface area contributed by atoms with Crippen molar-refractivity contribution in [3.63, 3.8) is 0 Å². The molecule has 1 atom stereocenters. The Morgan fingerprint density at radius 3 is 2.26 bits per heavy atom. The number of nitrogens with zero attached hydrogens (tertiary/aromatic N) is 1. The van der Waals surface area contributed by atoms with Gasteiger partial charge in [-0.1, -0.05) is 18.5 Å². The van der Waals surface area contributed by atoms with Crippen LogP contribution in [0.5, 0.6) is 0 Å². The van der Waals surface area contributed by atoms with Crippen LogP contribution in [0, 0.1) is 0 Å². The van der Waals surface area contributed by atoms with E-state index in [1.54, 1.807) is 21.0 Å². The fourth-order valence-corrected chi connectivity index (χ4v) is 2.89. The van der Waals surface area contributed by atoms with Crippen molar-refractivity contribution < 1.29 is 13.2 Å². The summed E-state index contributed by atoms with van der Waals surface area (Å²) in [6, 6.07) is 5.01. The molecule has 0 aliphatic heterocycles. The van der Waals surface area contributed by atoms with Gasteiger partial charge in [0.05, 0.1) is 4.90 Å². The minimum Gasteiger partial charge on any atom is -0.347 e. The van der Waals surface area contributed by atoms with E-state index in [0.717, 1.165) is 0 Å². The monoisotopic (exact) mass is 304 g/mol. The molecule has 1 aromatic carbocycles. The third-order valence-corrected chi connectivity index (χ3v) is 4.31. The molecule has 19 heavy (non-hydrogen) atoms. The predicted molar refractivity (Wildman–Crippen MR) is 74.5 cm³/mol. The van der Waals surface area contributed by atoms with Gasteiger partial charge in [-0.2, -0.15) is 4.72 Å². The van der Waals surface area contributed by atoms with Crippen LogP contribution in [-0.4, -0.2) is 39.4 Å². The first-order valence-electron chi connectivity index (χ1n) is 5.77. The molecule has 0 saturated carbocycles. The quantitative estimate of drug-likeness (QED) is 0.896. The second-order valence-corrected chi connectivity index (χ2v) is 6.42. The first kappa shape index (κ1) is 15.9. The number of halogens is 1. The number of rotatable bonds is 5. The van der Waals surface area contributed by atoms with Gasteiger partial charge in [0, 0.05) is 19.1 Å². The molecule has 5 nitrogen and oxygen atoms in total. The molecule has 0 radical (unpaired) electrons. The highest BCUT2D eigenvalue weighted by Gasteiger charge is 2.25. The molecule has 0 saturated heterocycles. The summed E-state index contributed by atoms with van der Waals surface area (Å²) >= 11 is 5.71. The van der Waals surface area contributed by atoms with E-state index in [2.05, 4.69) is 4.72 Å². The first-order valence-corrected chi connectivity index (χ1v) is 7.63. The fraction of sp³-hybridized carbons (Fsp3) is 0.417. The van der Waals surface area contributed by atoms with Crippen molar-refractivity contribution in [2.45, 2.75) is 24.3 Å². The lowest BCUT2D eigenvalue weighted by Crippen LogP contribution is -2.45. The van der Waals surface area contributed by atoms with E-state index in [0.29, 0.717) is 11.4 Å². The molecule has 1 amide bonds. The largest absolute Gasteiger partial charge is 0.347 e. The third-order valence-electron chi connectivity index (χ3n) is 2.57. The van der Waals surface area contributed by atoms with Crippen LogP contribution in [0.1, 0.15) is 13.3 Å². The Bertz CT molecular complexity index is 541. The molecule has 7 heteroatoms. The molecule has 0 aliphatic rings. The molecule has 0 spiro atoms. The van der Waals surface area contributed by atoms with Gasteiger partial charge >= 0.3 is 0 Å². The van der Waals surface area contributed by atoms with Crippen molar-refractivity contribution in [1.29, 1.82) is 0 Å². The highest BCUT2D eigenvalue weighted by Crippen LogP contribution is 2.14. The van der Waals surface area contributed by atoms with E-state index < -0.39 is 16.1 Å². The highest BCUT2D eigenvalue weighted by molar-refractivity contribution is 7.89. The van der Waals surface area contributed by atoms with Crippen molar-refractivity contribution in [3.05, 3.63) is 29.3 Å². The van der Waals surface area contributed by atoms with Gasteiger partial charge in [-0.25, -0.2) is 8.42 Å². The lowest BCUT2D eigenvalue weighted by Gasteiger charge is -2.20. The summed E-state index contributed by atoms with van der Waals surface area (Å²) in [6.45, 7) is 1.75. The summed E-state index contributed by atoms with van der Waals surface area (Å²) < 4.78 is 26.6. The standard InChI is InChI=1S/C12H17ClN2O3S/c1-4-11(12(16)15(2)3)14-19(17,18)10-7-5-9(13)6-8-10/h5-8,11,14H,4H2,1-3H3. The van der Waals surface area contributed by atoms with E-state index in [-0.39, 0.29) is 10.8 Å². The molecule has 106 valence electrons. The van der Waals surface area contributed by atoms with Crippen LogP contribution in [0.15, 0.2) is 29.2 Å². The number of carbonyl (C=O) groups excluding carboxylic acids is 1. The average Bonchev–Trinajstić information content (AvgIpc) is 2.35. The van der Waals surface area contributed by atoms with E-state index in [1.165, 1.54) is 29.2 Å². The van der Waals surface area contributed by atoms with Crippen molar-refractivity contribution in [2.24, 2.45) is 0 Å². The van der Waals surface area contributed by atoms with Gasteiger partial charge in [-0.3, -0.25) is 4.79 Å². The second-order valence-electron chi connectivity index (χ2n) is 4.27. The van der Waals surface area contributed by atoms with Crippen LogP contribution < -0.4 is 4.72 Å². The van der Waals surface area contributed by atoms with Crippen LogP contribution in [0.3, 0.4) is 0 Å². The lowest BCUT2D eigenvalue weighted by atomic mass is 10.2. The van der Waals surface area contributed by atoms with E-state index in [9.17, 15) is 13.2 Å². The van der Waals surface area contributed by atoms with E-state index in [1.807, 2.05) is 0 Å². The first-order chi connectivity index (χ1) is 8.77. The number of benzene rings is 1. The van der Waals surface area contributed by atoms with Crippen molar-refractivity contribution >= 4 is 27.5 Å². The minimum atomic E-state index is -3.72. The topological polar surface area (TPSA) is 66.5 Å². The summed E-state index contributed by atoms with van der Waals surface area (Å²) in [7, 11) is -0.553. The van der Waals surface area contributed by atoms with E-state index in [4.69, 9.17) is 11.6 Å². The lowest BCUT2D eigenvalue weighted by molar-refractivity contribution is -0.130. The van der Waals surface area contributed by atoms with Gasteiger partial charge < -0.3 is 4.90 Å². The van der Waals surface area contributed by atoms with Crippen LogP contribution >= 0.6 is 11.6 Å². The minimum absolute atomic E-state index is 0.0851. The summed E-state index contributed by atoms with van der Waals surface area (Å²) in [4.78, 5) is 13.3. The smallest absolute Gasteiger partial charge is 0.241 e. The van der Waals surface area contributed by atoms with Gasteiger partial charge in [-0.05, 0) is 30.7 Å². The molecule has 0 bridgehead atoms. The Morgan fingerprint density at radius 1 is 1.32 bits per heavy atom. The van der Waals surface area contributed by atoms with Crippen LogP contribution in [0.4, 0.5) is 0 Å². The van der Waals surface area contributed by atoms with Crippen molar-refractivity contribution in [1.82, 2.24) is 9.62 Å². The number of likely N-dealkylation sites (N-methyl/N-ethyl adjacent to an activating group) is 1. The van der Waals surface area contributed by atoms with Crippen molar-refractivity contribution in [2.75, 3.05) is 14.1 Å². The number of carbonyl (C=O) groups is 1. The van der Waals surface area contributed by atoms with Gasteiger partial charge in [-0.15, -0.1) is 0 Å². The van der Waals surface area contributed by atoms with Crippen LogP contribution in [0.25, 0.3) is 0 Å². The zero-order valence-electron chi connectivity index (χ0n) is 11.1. The summed E-state index contributed by atoms with van der Waals surface area (Å²) in [6.07, 6.45) is 0.379. The second kappa shape index (κ2) is 6.36. The maximum absolute atomic E-state index is 12.1. The Kier molecular flexibility index (Phi) is 5.34. The number of nitrogens with one attached hydrogen (secondary N) is 1. The zero-order chi connectivity index (χ0) is 14.6. The fourth-order valence-electron chi connectivity index (χ4n) is 1.49. The van der Waals surface area contributed by atoms with Gasteiger partial charge in [0.2, 0.25) is 15.9 Å². The van der Waals surface area contributed by atoms with Crippen LogP contribution in [-0.2, 0) is 14.8 Å². The Morgan fingerprint density at radius 2 is 1.84 bits per heavy atom. The van der Waals surface area contributed by atoms with Crippen LogP contribution in [0.2, 0.25) is 5.02 Å². The molecule has 1 aromatic rings. The molecule has 1 rings (SSSR count). The van der Waals surface area contributed by atoms with Crippen molar-refractivity contribution in [3.8, 4) is 0 Å². The van der Waals surface area contributed by atoms with Gasteiger partial charge in [0.15, 0.2) is 0 Å². The summed E-state index contributed by atoms with van der Waals surface area (Å²) in [5.74, 6) is -0.278. The van der Waals surface area contributed by atoms with E-state index >= 15 is 0 Å². The average molecular weight is 305 g/mol. The number of amides is 1.